The van der Waals surface area contributed by atoms with Gasteiger partial charge in [-0.05, 0) is 131 Å². The molecule has 6 aromatic carbocycles. The molecule has 0 atom stereocenters. The van der Waals surface area contributed by atoms with Crippen LogP contribution >= 0.6 is 28.5 Å². The van der Waals surface area contributed by atoms with Gasteiger partial charge >= 0.3 is 39.3 Å². The number of nitrogens with zero attached hydrogens (tertiary/aromatic N) is 2. The first kappa shape index (κ1) is 38.3. The fraction of sp³-hybridized carbons (Fsp3) is 0.148. The zero-order chi connectivity index (χ0) is 40.0. The normalized spacial score (nSPS) is 18.0. The summed E-state index contributed by atoms with van der Waals surface area (Å²) in [5.74, 6) is 0.419. The summed E-state index contributed by atoms with van der Waals surface area (Å²) in [5.41, 5.74) is 23.5. The van der Waals surface area contributed by atoms with Gasteiger partial charge in [0.2, 0.25) is 0 Å². The maximum absolute atomic E-state index is 5.92. The van der Waals surface area contributed by atoms with Crippen molar-refractivity contribution in [3.05, 3.63) is 202 Å². The van der Waals surface area contributed by atoms with Crippen molar-refractivity contribution < 1.29 is 10.9 Å². The topological polar surface area (TPSA) is 24.7 Å². The summed E-state index contributed by atoms with van der Waals surface area (Å²) in [6, 6.07) is 46.2. The summed E-state index contributed by atoms with van der Waals surface area (Å²) in [4.78, 5) is 11.8. The molecule has 0 radical (unpaired) electrons. The van der Waals surface area contributed by atoms with Crippen LogP contribution in [0.1, 0.15) is 33.4 Å². The molecule has 10 bridgehead atoms. The SMILES string of the molecule is Cc1cc2c3c(c1)-c1ccc(cc1)CCc1ccc(cc1)-c1cc(C)cc(c1N=C1C4=CC=CC5C=CC=C(C1=N3)C45)-c1ccc(cc1)CCc1ccc-2cc1.[Br][Ni][Br]. The Morgan fingerprint density at radius 1 is 0.458 bits per heavy atom. The summed E-state index contributed by atoms with van der Waals surface area (Å²) in [5, 5.41) is 0. The first-order valence-electron chi connectivity index (χ1n) is 20.4. The molecule has 6 aliphatic heterocycles. The van der Waals surface area contributed by atoms with Gasteiger partial charge in [0.1, 0.15) is 0 Å². The third-order valence-electron chi connectivity index (χ3n) is 12.5. The molecule has 1 saturated carbocycles. The fourth-order valence-corrected chi connectivity index (χ4v) is 9.50. The molecule has 0 amide bonds. The van der Waals surface area contributed by atoms with Crippen molar-refractivity contribution in [1.29, 1.82) is 0 Å². The van der Waals surface area contributed by atoms with Gasteiger partial charge in [-0.25, -0.2) is 9.98 Å². The van der Waals surface area contributed by atoms with Gasteiger partial charge in [-0.15, -0.1) is 0 Å². The van der Waals surface area contributed by atoms with Gasteiger partial charge in [0.05, 0.1) is 22.8 Å². The van der Waals surface area contributed by atoms with Crippen LogP contribution in [0, 0.1) is 25.7 Å². The first-order chi connectivity index (χ1) is 28.9. The Balaban J connectivity index is 0.00000136. The van der Waals surface area contributed by atoms with Gasteiger partial charge < -0.3 is 0 Å². The molecule has 15 rings (SSSR count). The Labute approximate surface area is 367 Å². The number of halogens is 2. The van der Waals surface area contributed by atoms with Crippen LogP contribution in [-0.4, -0.2) is 11.4 Å². The van der Waals surface area contributed by atoms with Gasteiger partial charge in [-0.1, -0.05) is 134 Å². The van der Waals surface area contributed by atoms with E-state index in [1.54, 1.807) is 0 Å². The molecule has 1 fully saturated rings. The summed E-state index contributed by atoms with van der Waals surface area (Å²) in [7, 11) is 1.25. The van der Waals surface area contributed by atoms with E-state index >= 15 is 0 Å². The minimum absolute atomic E-state index is 0.164. The molecule has 59 heavy (non-hydrogen) atoms. The standard InChI is InChI=1S/C54H42N2.2BrH.Ni/c1-33-29-46-39-21-13-35(14-22-39)9-11-37-17-25-41(26-18-37)48-31-34(2)32-49-42-27-19-38(20-28-42)12-10-36-15-23-40(24-16-36)47(30-33)51(46)55-53-44-7-3-5-43-6-4-8-45(50(43)44)54(53)56-52(48)49;;;/h3-8,13-32,43,50H,9-12H2,1-2H3;2*1H;/q;;;+2/p-2. The molecule has 0 aromatic heterocycles. The molecular formula is C54H42Br2N2Ni. The molecule has 292 valence electrons. The van der Waals surface area contributed by atoms with Crippen molar-refractivity contribution in [2.45, 2.75) is 39.5 Å². The van der Waals surface area contributed by atoms with E-state index in [4.69, 9.17) is 9.98 Å². The summed E-state index contributed by atoms with van der Waals surface area (Å²) in [6.45, 7) is 4.43. The Morgan fingerprint density at radius 3 is 1.03 bits per heavy atom. The van der Waals surface area contributed by atoms with E-state index in [9.17, 15) is 0 Å². The molecular weight excluding hydrogens is 895 g/mol. The van der Waals surface area contributed by atoms with Crippen LogP contribution in [0.25, 0.3) is 44.5 Å². The number of hydrogen-bond donors (Lipinski definition) is 0. The quantitative estimate of drug-likeness (QED) is 0.136. The minimum atomic E-state index is 0.164. The van der Waals surface area contributed by atoms with Gasteiger partial charge in [0.25, 0.3) is 0 Å². The second-order valence-electron chi connectivity index (χ2n) is 16.2. The number of benzene rings is 6. The molecule has 3 aliphatic carbocycles. The van der Waals surface area contributed by atoms with E-state index in [0.717, 1.165) is 70.7 Å². The number of hydrogen-bond acceptors (Lipinski definition) is 2. The third kappa shape index (κ3) is 7.37. The van der Waals surface area contributed by atoms with E-state index < -0.39 is 0 Å². The number of fused-ring (bicyclic) bond motifs is 4. The average Bonchev–Trinajstić information content (AvgIpc) is 3.56. The Hall–Kier alpha value is -4.93. The molecule has 9 aliphatic rings. The van der Waals surface area contributed by atoms with E-state index in [1.807, 2.05) is 0 Å². The van der Waals surface area contributed by atoms with Crippen LogP contribution < -0.4 is 0 Å². The number of rotatable bonds is 0. The summed E-state index contributed by atoms with van der Waals surface area (Å²) >= 11 is 6.00. The number of aliphatic imine (C=N–C) groups is 2. The van der Waals surface area contributed by atoms with E-state index in [1.165, 1.54) is 77.7 Å². The average molecular weight is 937 g/mol. The third-order valence-corrected chi connectivity index (χ3v) is 12.5. The van der Waals surface area contributed by atoms with Gasteiger partial charge in [-0.2, -0.15) is 0 Å². The monoisotopic (exact) mass is 934 g/mol. The second kappa shape index (κ2) is 16.3. The van der Waals surface area contributed by atoms with Gasteiger partial charge in [0, 0.05) is 34.1 Å². The van der Waals surface area contributed by atoms with Crippen LogP contribution in [0.3, 0.4) is 0 Å². The molecule has 0 unspecified atom stereocenters. The number of allylic oxidation sites excluding steroid dienone is 8. The van der Waals surface area contributed by atoms with Crippen molar-refractivity contribution in [3.8, 4) is 44.5 Å². The molecule has 6 aromatic rings. The van der Waals surface area contributed by atoms with Crippen molar-refractivity contribution in [1.82, 2.24) is 0 Å². The summed E-state index contributed by atoms with van der Waals surface area (Å²) < 4.78 is 0. The van der Waals surface area contributed by atoms with Crippen molar-refractivity contribution in [2.24, 2.45) is 21.8 Å². The zero-order valence-corrected chi connectivity index (χ0v) is 37.1. The van der Waals surface area contributed by atoms with Crippen LogP contribution in [0.15, 0.2) is 179 Å². The summed E-state index contributed by atoms with van der Waals surface area (Å²) in [6.07, 6.45) is 17.6. The van der Waals surface area contributed by atoms with Crippen LogP contribution in [-0.2, 0) is 36.6 Å². The van der Waals surface area contributed by atoms with Crippen molar-refractivity contribution in [2.75, 3.05) is 0 Å². The van der Waals surface area contributed by atoms with Crippen LogP contribution in [0.2, 0.25) is 0 Å². The maximum atomic E-state index is 5.92. The molecule has 0 saturated heterocycles. The molecule has 0 spiro atoms. The zero-order valence-electron chi connectivity index (χ0n) is 33.0. The molecule has 0 N–H and O–H groups in total. The first-order valence-corrected chi connectivity index (χ1v) is 25.3. The van der Waals surface area contributed by atoms with Gasteiger partial charge in [-0.3, -0.25) is 0 Å². The van der Waals surface area contributed by atoms with E-state index in [0.29, 0.717) is 0 Å². The van der Waals surface area contributed by atoms with Crippen molar-refractivity contribution in [3.63, 3.8) is 0 Å². The van der Waals surface area contributed by atoms with E-state index in [2.05, 4.69) is 200 Å². The van der Waals surface area contributed by atoms with Gasteiger partial charge in [0.15, 0.2) is 0 Å². The Kier molecular flexibility index (Phi) is 10.6. The van der Waals surface area contributed by atoms with E-state index in [-0.39, 0.29) is 11.8 Å². The molecule has 6 heterocycles. The molecule has 2 nitrogen and oxygen atoms in total. The predicted octanol–water partition coefficient (Wildman–Crippen LogP) is 14.9. The second-order valence-corrected chi connectivity index (χ2v) is 21.2. The molecule has 5 heteroatoms. The number of aryl methyl sites for hydroxylation is 6. The Morgan fingerprint density at radius 2 is 0.746 bits per heavy atom. The predicted molar refractivity (Wildman–Crippen MR) is 252 cm³/mol. The van der Waals surface area contributed by atoms with Crippen molar-refractivity contribution >= 4 is 51.2 Å². The van der Waals surface area contributed by atoms with Crippen LogP contribution in [0.5, 0.6) is 0 Å². The fourth-order valence-electron chi connectivity index (χ4n) is 9.50. The van der Waals surface area contributed by atoms with Crippen LogP contribution in [0.4, 0.5) is 11.4 Å². The Bertz CT molecular complexity index is 2470.